The summed E-state index contributed by atoms with van der Waals surface area (Å²) in [5.41, 5.74) is 1.12. The van der Waals surface area contributed by atoms with Crippen molar-refractivity contribution in [3.05, 3.63) is 16.8 Å². The molecule has 0 spiro atoms. The molecule has 6 nitrogen and oxygen atoms in total. The van der Waals surface area contributed by atoms with E-state index in [0.717, 1.165) is 20.8 Å². The Balaban J connectivity index is 2.23. The Morgan fingerprint density at radius 2 is 2.14 bits per heavy atom. The fourth-order valence-electron chi connectivity index (χ4n) is 1.84. The first kappa shape index (κ1) is 15.7. The number of hydrogen-bond acceptors (Lipinski definition) is 6. The van der Waals surface area contributed by atoms with E-state index in [9.17, 15) is 9.59 Å². The molecule has 2 rings (SSSR count). The molecule has 2 aromatic rings. The van der Waals surface area contributed by atoms with Gasteiger partial charge in [-0.25, -0.2) is 14.8 Å². The number of aromatic nitrogens is 2. The molecule has 8 heteroatoms. The summed E-state index contributed by atoms with van der Waals surface area (Å²) in [5.74, 6) is -1.20. The van der Waals surface area contributed by atoms with E-state index >= 15 is 0 Å². The number of aliphatic carboxylic acids is 1. The third-order valence-electron chi connectivity index (χ3n) is 2.99. The first-order chi connectivity index (χ1) is 9.90. The zero-order valence-corrected chi connectivity index (χ0v) is 13.5. The number of nitrogens with one attached hydrogen (secondary N) is 1. The summed E-state index contributed by atoms with van der Waals surface area (Å²) in [6.45, 7) is 5.33. The average molecular weight is 325 g/mol. The van der Waals surface area contributed by atoms with Crippen LogP contribution in [0.15, 0.2) is 11.4 Å². The minimum absolute atomic E-state index is 0.218. The van der Waals surface area contributed by atoms with Crippen molar-refractivity contribution in [3.8, 4) is 0 Å². The number of nitrogens with zero attached hydrogens (tertiary/aromatic N) is 2. The van der Waals surface area contributed by atoms with E-state index in [1.165, 1.54) is 29.9 Å². The first-order valence-electron chi connectivity index (χ1n) is 6.23. The molecule has 0 aliphatic rings. The van der Waals surface area contributed by atoms with Gasteiger partial charge in [-0.05, 0) is 19.4 Å². The number of rotatable bonds is 5. The summed E-state index contributed by atoms with van der Waals surface area (Å²) in [4.78, 5) is 32.7. The van der Waals surface area contributed by atoms with Gasteiger partial charge in [0, 0.05) is 22.9 Å². The molecule has 0 unspecified atom stereocenters. The highest BCUT2D eigenvalue weighted by Crippen LogP contribution is 2.34. The number of fused-ring (bicyclic) bond motifs is 1. The molecule has 0 fully saturated rings. The molecule has 0 aromatic carbocycles. The van der Waals surface area contributed by atoms with E-state index in [2.05, 4.69) is 15.3 Å². The van der Waals surface area contributed by atoms with E-state index < -0.39 is 12.0 Å². The number of hydrogen-bond donors (Lipinski definition) is 2. The van der Waals surface area contributed by atoms with Crippen molar-refractivity contribution in [1.82, 2.24) is 15.3 Å². The van der Waals surface area contributed by atoms with Gasteiger partial charge in [0.1, 0.15) is 22.2 Å². The van der Waals surface area contributed by atoms with Crippen LogP contribution in [0, 0.1) is 13.8 Å². The fourth-order valence-corrected chi connectivity index (χ4v) is 3.97. The van der Waals surface area contributed by atoms with E-state index in [-0.39, 0.29) is 11.7 Å². The Morgan fingerprint density at radius 1 is 1.43 bits per heavy atom. The van der Waals surface area contributed by atoms with E-state index in [1.54, 1.807) is 11.3 Å². The molecule has 0 saturated heterocycles. The summed E-state index contributed by atoms with van der Waals surface area (Å²) in [6.07, 6.45) is 1.48. The van der Waals surface area contributed by atoms with Crippen LogP contribution in [0.4, 0.5) is 0 Å². The maximum absolute atomic E-state index is 11.1. The van der Waals surface area contributed by atoms with E-state index in [1.807, 2.05) is 13.8 Å². The molecule has 2 aromatic heterocycles. The van der Waals surface area contributed by atoms with Crippen molar-refractivity contribution < 1.29 is 14.7 Å². The Kier molecular flexibility index (Phi) is 4.79. The number of carbonyl (C=O) groups is 2. The molecule has 0 aliphatic heterocycles. The second-order valence-corrected chi connectivity index (χ2v) is 6.76. The molecule has 0 saturated carbocycles. The van der Waals surface area contributed by atoms with E-state index in [0.29, 0.717) is 0 Å². The second-order valence-electron chi connectivity index (χ2n) is 4.54. The lowest BCUT2D eigenvalue weighted by Crippen LogP contribution is -2.41. The second kappa shape index (κ2) is 6.40. The van der Waals surface area contributed by atoms with Crippen LogP contribution in [0.5, 0.6) is 0 Å². The molecular weight excluding hydrogens is 310 g/mol. The highest BCUT2D eigenvalue weighted by Gasteiger charge is 2.20. The van der Waals surface area contributed by atoms with Crippen molar-refractivity contribution in [1.29, 1.82) is 0 Å². The van der Waals surface area contributed by atoms with Crippen molar-refractivity contribution in [2.45, 2.75) is 31.8 Å². The number of amides is 1. The van der Waals surface area contributed by atoms with Gasteiger partial charge in [0.2, 0.25) is 5.91 Å². The third kappa shape index (κ3) is 3.51. The molecule has 2 N–H and O–H groups in total. The third-order valence-corrected chi connectivity index (χ3v) is 5.19. The largest absolute Gasteiger partial charge is 0.480 e. The SMILES string of the molecule is CC(=O)N[C@@H](CSc1ncnc2sc(C)c(C)c12)C(=O)O. The van der Waals surface area contributed by atoms with Crippen LogP contribution in [-0.2, 0) is 9.59 Å². The summed E-state index contributed by atoms with van der Waals surface area (Å²) < 4.78 is 0. The Hall–Kier alpha value is -1.67. The summed E-state index contributed by atoms with van der Waals surface area (Å²) in [5, 5.41) is 13.2. The number of thioether (sulfide) groups is 1. The normalized spacial score (nSPS) is 12.3. The lowest BCUT2D eigenvalue weighted by atomic mass is 10.2. The minimum Gasteiger partial charge on any atom is -0.480 e. The predicted molar refractivity (Wildman–Crippen MR) is 82.9 cm³/mol. The van der Waals surface area contributed by atoms with Gasteiger partial charge in [-0.1, -0.05) is 0 Å². The van der Waals surface area contributed by atoms with Crippen molar-refractivity contribution in [2.24, 2.45) is 0 Å². The zero-order valence-electron chi connectivity index (χ0n) is 11.8. The monoisotopic (exact) mass is 325 g/mol. The lowest BCUT2D eigenvalue weighted by Gasteiger charge is -2.12. The lowest BCUT2D eigenvalue weighted by molar-refractivity contribution is -0.140. The van der Waals surface area contributed by atoms with Crippen LogP contribution in [0.3, 0.4) is 0 Å². The van der Waals surface area contributed by atoms with Crippen LogP contribution in [0.25, 0.3) is 10.2 Å². The topological polar surface area (TPSA) is 92.2 Å². The molecule has 112 valence electrons. The van der Waals surface area contributed by atoms with Gasteiger partial charge in [0.25, 0.3) is 0 Å². The summed E-state index contributed by atoms with van der Waals surface area (Å²) >= 11 is 2.91. The number of aryl methyl sites for hydroxylation is 2. The Bertz CT molecular complexity index is 699. The number of thiophene rings is 1. The quantitative estimate of drug-likeness (QED) is 0.645. The van der Waals surface area contributed by atoms with Crippen molar-refractivity contribution in [2.75, 3.05) is 5.75 Å². The smallest absolute Gasteiger partial charge is 0.327 e. The standard InChI is InChI=1S/C13H15N3O3S2/c1-6-7(2)21-12-10(6)11(14-5-15-12)20-4-9(13(18)19)16-8(3)17/h5,9H,4H2,1-3H3,(H,16,17)(H,18,19)/t9-/m0/s1. The van der Waals surface area contributed by atoms with Gasteiger partial charge < -0.3 is 10.4 Å². The predicted octanol–water partition coefficient (Wildman–Crippen LogP) is 1.99. The zero-order chi connectivity index (χ0) is 15.6. The van der Waals surface area contributed by atoms with E-state index in [4.69, 9.17) is 5.11 Å². The van der Waals surface area contributed by atoms with Gasteiger partial charge in [-0.3, -0.25) is 4.79 Å². The molecule has 0 bridgehead atoms. The van der Waals surface area contributed by atoms with Crippen molar-refractivity contribution in [3.63, 3.8) is 0 Å². The molecular formula is C13H15N3O3S2. The average Bonchev–Trinajstić information content (AvgIpc) is 2.70. The number of carbonyl (C=O) groups excluding carboxylic acids is 1. The maximum Gasteiger partial charge on any atom is 0.327 e. The molecule has 21 heavy (non-hydrogen) atoms. The fraction of sp³-hybridized carbons (Fsp3) is 0.385. The molecule has 2 heterocycles. The summed E-state index contributed by atoms with van der Waals surface area (Å²) in [7, 11) is 0. The van der Waals surface area contributed by atoms with Gasteiger partial charge in [-0.15, -0.1) is 23.1 Å². The summed E-state index contributed by atoms with van der Waals surface area (Å²) in [6, 6.07) is -0.933. The number of carboxylic acids is 1. The molecule has 1 amide bonds. The van der Waals surface area contributed by atoms with Crippen LogP contribution < -0.4 is 5.32 Å². The van der Waals surface area contributed by atoms with Crippen LogP contribution in [0.2, 0.25) is 0 Å². The van der Waals surface area contributed by atoms with Gasteiger partial charge in [0.15, 0.2) is 0 Å². The van der Waals surface area contributed by atoms with Gasteiger partial charge >= 0.3 is 5.97 Å². The van der Waals surface area contributed by atoms with Gasteiger partial charge in [-0.2, -0.15) is 0 Å². The molecule has 0 radical (unpaired) electrons. The van der Waals surface area contributed by atoms with Crippen LogP contribution >= 0.6 is 23.1 Å². The molecule has 1 atom stereocenters. The van der Waals surface area contributed by atoms with Crippen LogP contribution in [0.1, 0.15) is 17.4 Å². The Labute approximate surface area is 130 Å². The molecule has 0 aliphatic carbocycles. The van der Waals surface area contributed by atoms with Crippen molar-refractivity contribution >= 4 is 45.2 Å². The number of carboxylic acid groups (broad SMARTS) is 1. The maximum atomic E-state index is 11.1. The highest BCUT2D eigenvalue weighted by atomic mass is 32.2. The highest BCUT2D eigenvalue weighted by molar-refractivity contribution is 7.99. The van der Waals surface area contributed by atoms with Crippen LogP contribution in [-0.4, -0.2) is 38.7 Å². The minimum atomic E-state index is -1.05. The van der Waals surface area contributed by atoms with Gasteiger partial charge in [0.05, 0.1) is 0 Å². The first-order valence-corrected chi connectivity index (χ1v) is 8.03. The Morgan fingerprint density at radius 3 is 2.76 bits per heavy atom.